The molecule has 1 aliphatic rings. The summed E-state index contributed by atoms with van der Waals surface area (Å²) < 4.78 is 28.2. The second kappa shape index (κ2) is 8.44. The predicted molar refractivity (Wildman–Crippen MR) is 109 cm³/mol. The summed E-state index contributed by atoms with van der Waals surface area (Å²) in [6, 6.07) is 14.1. The smallest absolute Gasteiger partial charge is 0.269 e. The van der Waals surface area contributed by atoms with Gasteiger partial charge in [0.1, 0.15) is 11.6 Å². The predicted octanol–water partition coefficient (Wildman–Crippen LogP) is 3.03. The molecule has 1 amide bonds. The summed E-state index contributed by atoms with van der Waals surface area (Å²) in [5.74, 6) is -2.23. The van der Waals surface area contributed by atoms with Crippen molar-refractivity contribution in [1.82, 2.24) is 9.78 Å². The Morgan fingerprint density at radius 1 is 1.13 bits per heavy atom. The monoisotopic (exact) mass is 410 g/mol. The Hall–Kier alpha value is -3.55. The quantitative estimate of drug-likeness (QED) is 0.702. The molecule has 2 aromatic carbocycles. The SMILES string of the molecule is O=C(Nc1ccc(F)cc1F)C1CCN(c2cnn(Cc3ccccc3)c(=O)c2)C1. The summed E-state index contributed by atoms with van der Waals surface area (Å²) in [6.45, 7) is 1.35. The van der Waals surface area contributed by atoms with E-state index in [1.54, 1.807) is 6.20 Å². The van der Waals surface area contributed by atoms with Crippen LogP contribution in [0.25, 0.3) is 0 Å². The summed E-state index contributed by atoms with van der Waals surface area (Å²) in [4.78, 5) is 26.8. The number of halogens is 2. The lowest BCUT2D eigenvalue weighted by Gasteiger charge is -2.18. The first-order valence-electron chi connectivity index (χ1n) is 9.61. The van der Waals surface area contributed by atoms with Crippen LogP contribution < -0.4 is 15.8 Å². The molecule has 1 aromatic heterocycles. The van der Waals surface area contributed by atoms with E-state index in [-0.39, 0.29) is 23.1 Å². The number of carbonyl (C=O) groups excluding carboxylic acids is 1. The molecule has 0 bridgehead atoms. The molecule has 6 nitrogen and oxygen atoms in total. The van der Waals surface area contributed by atoms with Crippen molar-refractivity contribution in [2.45, 2.75) is 13.0 Å². The molecule has 30 heavy (non-hydrogen) atoms. The molecule has 1 aliphatic heterocycles. The molecule has 0 aliphatic carbocycles. The Labute approximate surface area is 171 Å². The van der Waals surface area contributed by atoms with Gasteiger partial charge < -0.3 is 10.2 Å². The average Bonchev–Trinajstić information content (AvgIpc) is 3.23. The lowest BCUT2D eigenvalue weighted by atomic mass is 10.1. The molecule has 1 unspecified atom stereocenters. The number of hydrogen-bond donors (Lipinski definition) is 1. The highest BCUT2D eigenvalue weighted by Gasteiger charge is 2.29. The molecule has 1 saturated heterocycles. The first-order chi connectivity index (χ1) is 14.5. The van der Waals surface area contributed by atoms with Crippen LogP contribution in [-0.2, 0) is 11.3 Å². The molecule has 0 spiro atoms. The van der Waals surface area contributed by atoms with E-state index in [9.17, 15) is 18.4 Å². The first-order valence-corrected chi connectivity index (χ1v) is 9.61. The summed E-state index contributed by atoms with van der Waals surface area (Å²) in [5, 5.41) is 6.76. The van der Waals surface area contributed by atoms with E-state index in [1.165, 1.54) is 16.8 Å². The van der Waals surface area contributed by atoms with Crippen LogP contribution in [0.15, 0.2) is 65.6 Å². The van der Waals surface area contributed by atoms with Gasteiger partial charge in [0.2, 0.25) is 5.91 Å². The van der Waals surface area contributed by atoms with Crippen molar-refractivity contribution in [3.8, 4) is 0 Å². The minimum Gasteiger partial charge on any atom is -0.369 e. The molecular weight excluding hydrogens is 390 g/mol. The van der Waals surface area contributed by atoms with E-state index < -0.39 is 11.6 Å². The van der Waals surface area contributed by atoms with Crippen molar-refractivity contribution in [3.05, 3.63) is 88.3 Å². The summed E-state index contributed by atoms with van der Waals surface area (Å²) >= 11 is 0. The van der Waals surface area contributed by atoms with E-state index in [0.717, 1.165) is 17.7 Å². The number of hydrogen-bond acceptors (Lipinski definition) is 4. The number of nitrogens with one attached hydrogen (secondary N) is 1. The number of rotatable bonds is 5. The topological polar surface area (TPSA) is 67.2 Å². The third-order valence-electron chi connectivity index (χ3n) is 5.14. The van der Waals surface area contributed by atoms with E-state index in [2.05, 4.69) is 10.4 Å². The molecule has 1 atom stereocenters. The van der Waals surface area contributed by atoms with Gasteiger partial charge in [-0.2, -0.15) is 5.10 Å². The van der Waals surface area contributed by atoms with Crippen molar-refractivity contribution in [2.75, 3.05) is 23.3 Å². The molecule has 2 heterocycles. The zero-order chi connectivity index (χ0) is 21.1. The van der Waals surface area contributed by atoms with Crippen LogP contribution in [0.2, 0.25) is 0 Å². The van der Waals surface area contributed by atoms with Gasteiger partial charge in [-0.05, 0) is 24.1 Å². The average molecular weight is 410 g/mol. The van der Waals surface area contributed by atoms with Gasteiger partial charge in [0, 0.05) is 25.2 Å². The van der Waals surface area contributed by atoms with Crippen molar-refractivity contribution >= 4 is 17.3 Å². The van der Waals surface area contributed by atoms with E-state index in [4.69, 9.17) is 0 Å². The Morgan fingerprint density at radius 2 is 1.93 bits per heavy atom. The van der Waals surface area contributed by atoms with E-state index in [0.29, 0.717) is 31.7 Å². The lowest BCUT2D eigenvalue weighted by molar-refractivity contribution is -0.119. The van der Waals surface area contributed by atoms with Gasteiger partial charge in [0.15, 0.2) is 0 Å². The van der Waals surface area contributed by atoms with Crippen LogP contribution in [0.5, 0.6) is 0 Å². The standard InChI is InChI=1S/C22H20F2N4O2/c23-17-6-7-20(19(24)10-17)26-22(30)16-8-9-27(14-16)18-11-21(29)28(25-12-18)13-15-4-2-1-3-5-15/h1-7,10-12,16H,8-9,13-14H2,(H,26,30). The fourth-order valence-electron chi connectivity index (χ4n) is 3.51. The maximum absolute atomic E-state index is 13.8. The molecule has 154 valence electrons. The maximum atomic E-state index is 13.8. The zero-order valence-electron chi connectivity index (χ0n) is 16.1. The number of nitrogens with zero attached hydrogens (tertiary/aromatic N) is 3. The number of benzene rings is 2. The first kappa shape index (κ1) is 19.8. The Morgan fingerprint density at radius 3 is 2.67 bits per heavy atom. The molecular formula is C22H20F2N4O2. The third-order valence-corrected chi connectivity index (χ3v) is 5.14. The highest BCUT2D eigenvalue weighted by Crippen LogP contribution is 2.24. The van der Waals surface area contributed by atoms with Gasteiger partial charge in [-0.25, -0.2) is 13.5 Å². The number of anilines is 2. The minimum atomic E-state index is -0.815. The molecule has 0 saturated carbocycles. The van der Waals surface area contributed by atoms with Crippen LogP contribution in [0.4, 0.5) is 20.2 Å². The van der Waals surface area contributed by atoms with Crippen LogP contribution in [0.1, 0.15) is 12.0 Å². The van der Waals surface area contributed by atoms with Gasteiger partial charge in [-0.15, -0.1) is 0 Å². The van der Waals surface area contributed by atoms with Gasteiger partial charge in [0.25, 0.3) is 5.56 Å². The highest BCUT2D eigenvalue weighted by molar-refractivity contribution is 5.93. The van der Waals surface area contributed by atoms with E-state index >= 15 is 0 Å². The molecule has 3 aromatic rings. The third kappa shape index (κ3) is 4.37. The fourth-order valence-corrected chi connectivity index (χ4v) is 3.51. The van der Waals surface area contributed by atoms with Gasteiger partial charge in [-0.1, -0.05) is 30.3 Å². The number of aromatic nitrogens is 2. The number of amides is 1. The van der Waals surface area contributed by atoms with Crippen molar-refractivity contribution in [3.63, 3.8) is 0 Å². The molecule has 1 N–H and O–H groups in total. The Bertz CT molecular complexity index is 1120. The van der Waals surface area contributed by atoms with Crippen LogP contribution in [-0.4, -0.2) is 28.8 Å². The molecule has 0 radical (unpaired) electrons. The lowest BCUT2D eigenvalue weighted by Crippen LogP contribution is -2.29. The van der Waals surface area contributed by atoms with Crippen LogP contribution in [0.3, 0.4) is 0 Å². The zero-order valence-corrected chi connectivity index (χ0v) is 16.1. The fraction of sp³-hybridized carbons (Fsp3) is 0.227. The second-order valence-electron chi connectivity index (χ2n) is 7.24. The minimum absolute atomic E-state index is 0.0509. The van der Waals surface area contributed by atoms with Crippen molar-refractivity contribution < 1.29 is 13.6 Å². The summed E-state index contributed by atoms with van der Waals surface area (Å²) in [7, 11) is 0. The largest absolute Gasteiger partial charge is 0.369 e. The Kier molecular flexibility index (Phi) is 5.56. The Balaban J connectivity index is 1.40. The van der Waals surface area contributed by atoms with Crippen LogP contribution in [0, 0.1) is 17.6 Å². The van der Waals surface area contributed by atoms with Gasteiger partial charge >= 0.3 is 0 Å². The second-order valence-corrected chi connectivity index (χ2v) is 7.24. The summed E-state index contributed by atoms with van der Waals surface area (Å²) in [6.07, 6.45) is 2.17. The van der Waals surface area contributed by atoms with E-state index in [1.807, 2.05) is 35.2 Å². The van der Waals surface area contributed by atoms with Gasteiger partial charge in [-0.3, -0.25) is 9.59 Å². The van der Waals surface area contributed by atoms with Crippen molar-refractivity contribution in [2.24, 2.45) is 5.92 Å². The normalized spacial score (nSPS) is 15.9. The molecule has 4 rings (SSSR count). The number of carbonyl (C=O) groups is 1. The van der Waals surface area contributed by atoms with Crippen LogP contribution >= 0.6 is 0 Å². The highest BCUT2D eigenvalue weighted by atomic mass is 19.1. The van der Waals surface area contributed by atoms with Crippen molar-refractivity contribution in [1.29, 1.82) is 0 Å². The summed E-state index contributed by atoms with van der Waals surface area (Å²) in [5.41, 5.74) is 1.35. The molecule has 1 fully saturated rings. The van der Waals surface area contributed by atoms with Gasteiger partial charge in [0.05, 0.1) is 30.0 Å². The molecule has 8 heteroatoms. The maximum Gasteiger partial charge on any atom is 0.269 e.